The average Bonchev–Trinajstić information content (AvgIpc) is 2.32. The maximum absolute atomic E-state index is 5.93. The highest BCUT2D eigenvalue weighted by Gasteiger charge is 2.11. The highest BCUT2D eigenvalue weighted by Crippen LogP contribution is 2.15. The van der Waals surface area contributed by atoms with Gasteiger partial charge in [-0.15, -0.1) is 0 Å². The van der Waals surface area contributed by atoms with Crippen molar-refractivity contribution in [2.45, 2.75) is 52.7 Å². The first-order chi connectivity index (χ1) is 9.30. The lowest BCUT2D eigenvalue weighted by Gasteiger charge is -2.22. The van der Waals surface area contributed by atoms with Crippen LogP contribution >= 0.6 is 0 Å². The van der Waals surface area contributed by atoms with Gasteiger partial charge in [-0.2, -0.15) is 0 Å². The molecule has 0 aliphatic heterocycles. The van der Waals surface area contributed by atoms with E-state index in [4.69, 9.17) is 10.5 Å². The van der Waals surface area contributed by atoms with E-state index < -0.39 is 0 Å². The number of hydrogen-bond donors (Lipinski definition) is 2. The van der Waals surface area contributed by atoms with Crippen molar-refractivity contribution in [3.8, 4) is 5.75 Å². The highest BCUT2D eigenvalue weighted by atomic mass is 16.5. The summed E-state index contributed by atoms with van der Waals surface area (Å²) in [6.07, 6.45) is 0.928. The van der Waals surface area contributed by atoms with E-state index in [0.29, 0.717) is 12.5 Å². The van der Waals surface area contributed by atoms with Crippen LogP contribution in [-0.2, 0) is 0 Å². The van der Waals surface area contributed by atoms with Crippen LogP contribution in [-0.4, -0.2) is 24.1 Å². The number of nitrogens with two attached hydrogens (primary N) is 1. The molecule has 0 heterocycles. The van der Waals surface area contributed by atoms with Gasteiger partial charge in [0.15, 0.2) is 5.96 Å². The molecular weight excluding hydrogens is 250 g/mol. The predicted molar refractivity (Wildman–Crippen MR) is 85.3 cm³/mol. The number of aliphatic imine (C=N–C) groups is 1. The molecule has 0 bridgehead atoms. The van der Waals surface area contributed by atoms with Crippen molar-refractivity contribution in [3.63, 3.8) is 0 Å². The molecule has 0 radical (unpaired) electrons. The maximum atomic E-state index is 5.93. The molecule has 20 heavy (non-hydrogen) atoms. The second kappa shape index (κ2) is 7.17. The number of nitrogens with zero attached hydrogens (tertiary/aromatic N) is 1. The molecule has 0 saturated carbocycles. The van der Waals surface area contributed by atoms with Crippen LogP contribution in [0.5, 0.6) is 5.75 Å². The van der Waals surface area contributed by atoms with E-state index in [0.717, 1.165) is 12.2 Å². The molecule has 0 amide bonds. The van der Waals surface area contributed by atoms with Crippen LogP contribution in [0.25, 0.3) is 0 Å². The van der Waals surface area contributed by atoms with E-state index in [9.17, 15) is 0 Å². The lowest BCUT2D eigenvalue weighted by molar-refractivity contribution is 0.205. The molecule has 0 aromatic heterocycles. The Morgan fingerprint density at radius 1 is 1.40 bits per heavy atom. The average molecular weight is 277 g/mol. The number of rotatable bonds is 5. The Morgan fingerprint density at radius 3 is 2.65 bits per heavy atom. The van der Waals surface area contributed by atoms with Crippen LogP contribution in [0.1, 0.15) is 39.7 Å². The van der Waals surface area contributed by atoms with Gasteiger partial charge in [0.25, 0.3) is 0 Å². The number of hydrogen-bond acceptors (Lipinski definition) is 2. The Kier molecular flexibility index (Phi) is 5.86. The third kappa shape index (κ3) is 6.45. The maximum Gasteiger partial charge on any atom is 0.189 e. The van der Waals surface area contributed by atoms with Gasteiger partial charge in [0.2, 0.25) is 0 Å². The quantitative estimate of drug-likeness (QED) is 0.642. The molecule has 0 spiro atoms. The Hall–Kier alpha value is -1.71. The van der Waals surface area contributed by atoms with Gasteiger partial charge in [-0.1, -0.05) is 19.1 Å². The van der Waals surface area contributed by atoms with Gasteiger partial charge >= 0.3 is 0 Å². The van der Waals surface area contributed by atoms with Gasteiger partial charge in [0.05, 0.1) is 6.54 Å². The molecular formula is C16H27N3O. The number of benzene rings is 1. The zero-order valence-corrected chi connectivity index (χ0v) is 13.2. The van der Waals surface area contributed by atoms with Gasteiger partial charge in [-0.3, -0.25) is 0 Å². The number of ether oxygens (including phenoxy) is 1. The van der Waals surface area contributed by atoms with Crippen LogP contribution < -0.4 is 15.8 Å². The zero-order chi connectivity index (χ0) is 15.2. The normalized spacial score (nSPS) is 13.9. The Balaban J connectivity index is 2.57. The highest BCUT2D eigenvalue weighted by molar-refractivity contribution is 5.78. The van der Waals surface area contributed by atoms with Crippen molar-refractivity contribution < 1.29 is 4.74 Å². The fraction of sp³-hybridized carbons (Fsp3) is 0.562. The summed E-state index contributed by atoms with van der Waals surface area (Å²) in [5.74, 6) is 1.35. The summed E-state index contributed by atoms with van der Waals surface area (Å²) in [6, 6.07) is 8.05. The summed E-state index contributed by atoms with van der Waals surface area (Å²) < 4.78 is 5.93. The van der Waals surface area contributed by atoms with Crippen molar-refractivity contribution in [1.82, 2.24) is 5.32 Å². The number of guanidine groups is 1. The van der Waals surface area contributed by atoms with E-state index in [1.807, 2.05) is 18.2 Å². The molecule has 0 fully saturated rings. The van der Waals surface area contributed by atoms with E-state index in [2.05, 4.69) is 51.0 Å². The molecule has 1 aromatic rings. The molecule has 112 valence electrons. The van der Waals surface area contributed by atoms with Gasteiger partial charge in [0.1, 0.15) is 11.9 Å². The predicted octanol–water partition coefficient (Wildman–Crippen LogP) is 2.86. The Morgan fingerprint density at radius 2 is 2.10 bits per heavy atom. The summed E-state index contributed by atoms with van der Waals surface area (Å²) in [7, 11) is 0. The molecule has 1 aromatic carbocycles. The summed E-state index contributed by atoms with van der Waals surface area (Å²) in [6.45, 7) is 10.8. The standard InChI is InChI=1S/C16H27N3O/c1-6-13(11-18-15(17)19-16(3,4)5)20-14-9-7-8-12(2)10-14/h7-10,13H,6,11H2,1-5H3,(H3,17,18,19). The Bertz CT molecular complexity index is 449. The summed E-state index contributed by atoms with van der Waals surface area (Å²) in [4.78, 5) is 4.36. The second-order valence-electron chi connectivity index (χ2n) is 6.07. The summed E-state index contributed by atoms with van der Waals surface area (Å²) in [5, 5.41) is 3.14. The van der Waals surface area contributed by atoms with E-state index in [1.54, 1.807) is 0 Å². The van der Waals surface area contributed by atoms with Crippen LogP contribution in [0.2, 0.25) is 0 Å². The van der Waals surface area contributed by atoms with Crippen molar-refractivity contribution >= 4 is 5.96 Å². The summed E-state index contributed by atoms with van der Waals surface area (Å²) in [5.41, 5.74) is 6.98. The van der Waals surface area contributed by atoms with Crippen LogP contribution in [0, 0.1) is 6.92 Å². The molecule has 4 nitrogen and oxygen atoms in total. The van der Waals surface area contributed by atoms with E-state index in [1.165, 1.54) is 5.56 Å². The van der Waals surface area contributed by atoms with Gasteiger partial charge in [0, 0.05) is 5.54 Å². The number of aryl methyl sites for hydroxylation is 1. The van der Waals surface area contributed by atoms with Gasteiger partial charge in [-0.05, 0) is 51.8 Å². The molecule has 0 saturated heterocycles. The molecule has 1 unspecified atom stereocenters. The SMILES string of the molecule is CCC(CN=C(N)NC(C)(C)C)Oc1cccc(C)c1. The van der Waals surface area contributed by atoms with Crippen molar-refractivity contribution in [3.05, 3.63) is 29.8 Å². The second-order valence-corrected chi connectivity index (χ2v) is 6.07. The third-order valence-electron chi connectivity index (χ3n) is 2.72. The van der Waals surface area contributed by atoms with E-state index >= 15 is 0 Å². The van der Waals surface area contributed by atoms with E-state index in [-0.39, 0.29) is 11.6 Å². The molecule has 3 N–H and O–H groups in total. The fourth-order valence-corrected chi connectivity index (χ4v) is 1.75. The first-order valence-corrected chi connectivity index (χ1v) is 7.11. The van der Waals surface area contributed by atoms with Crippen LogP contribution in [0.3, 0.4) is 0 Å². The minimum absolute atomic E-state index is 0.0390. The molecule has 1 atom stereocenters. The fourth-order valence-electron chi connectivity index (χ4n) is 1.75. The smallest absolute Gasteiger partial charge is 0.189 e. The van der Waals surface area contributed by atoms with Gasteiger partial charge < -0.3 is 15.8 Å². The Labute approximate surface area is 122 Å². The number of nitrogens with one attached hydrogen (secondary N) is 1. The lowest BCUT2D eigenvalue weighted by Crippen LogP contribution is -2.45. The van der Waals surface area contributed by atoms with Gasteiger partial charge in [-0.25, -0.2) is 4.99 Å². The first-order valence-electron chi connectivity index (χ1n) is 7.11. The first kappa shape index (κ1) is 16.3. The van der Waals surface area contributed by atoms with Crippen molar-refractivity contribution in [1.29, 1.82) is 0 Å². The summed E-state index contributed by atoms with van der Waals surface area (Å²) >= 11 is 0. The lowest BCUT2D eigenvalue weighted by atomic mass is 10.1. The molecule has 1 rings (SSSR count). The zero-order valence-electron chi connectivity index (χ0n) is 13.2. The topological polar surface area (TPSA) is 59.6 Å². The minimum atomic E-state index is -0.0767. The molecule has 4 heteroatoms. The van der Waals surface area contributed by atoms with Crippen LogP contribution in [0.15, 0.2) is 29.3 Å². The monoisotopic (exact) mass is 277 g/mol. The molecule has 0 aliphatic carbocycles. The van der Waals surface area contributed by atoms with Crippen LogP contribution in [0.4, 0.5) is 0 Å². The molecule has 0 aliphatic rings. The van der Waals surface area contributed by atoms with Crippen molar-refractivity contribution in [2.24, 2.45) is 10.7 Å². The largest absolute Gasteiger partial charge is 0.489 e. The minimum Gasteiger partial charge on any atom is -0.489 e. The third-order valence-corrected chi connectivity index (χ3v) is 2.72. The van der Waals surface area contributed by atoms with Crippen molar-refractivity contribution in [2.75, 3.05) is 6.54 Å².